The molecule has 1 aliphatic heterocycles. The molecule has 1 aromatic carbocycles. The van der Waals surface area contributed by atoms with E-state index in [0.29, 0.717) is 16.9 Å². The quantitative estimate of drug-likeness (QED) is 0.644. The largest absolute Gasteiger partial charge is 0.224 e. The van der Waals surface area contributed by atoms with Crippen molar-refractivity contribution in [3.63, 3.8) is 0 Å². The minimum Gasteiger partial charge on any atom is -0.224 e. The van der Waals surface area contributed by atoms with E-state index in [2.05, 4.69) is 0 Å². The van der Waals surface area contributed by atoms with E-state index in [-0.39, 0.29) is 5.75 Å². The van der Waals surface area contributed by atoms with Gasteiger partial charge in [-0.15, -0.1) is 0 Å². The number of benzene rings is 1. The second-order valence-electron chi connectivity index (χ2n) is 3.36. The van der Waals surface area contributed by atoms with E-state index >= 15 is 0 Å². The fraction of sp³-hybridized carbons (Fsp3) is 0.300. The molecule has 0 N–H and O–H groups in total. The molecule has 0 saturated carbocycles. The van der Waals surface area contributed by atoms with Crippen LogP contribution in [0.3, 0.4) is 0 Å². The second kappa shape index (κ2) is 3.10. The molecule has 1 aromatic rings. The van der Waals surface area contributed by atoms with E-state index in [1.165, 1.54) is 0 Å². The minimum absolute atomic E-state index is 0.228. The van der Waals surface area contributed by atoms with Crippen LogP contribution in [-0.4, -0.2) is 14.2 Å². The molecule has 0 aliphatic carbocycles. The highest BCUT2D eigenvalue weighted by Crippen LogP contribution is 2.25. The van der Waals surface area contributed by atoms with Gasteiger partial charge in [0, 0.05) is 0 Å². The molecule has 0 atom stereocenters. The predicted octanol–water partition coefficient (Wildman–Crippen LogP) is 1.28. The maximum absolute atomic E-state index is 11.6. The molecule has 4 heteroatoms. The van der Waals surface area contributed by atoms with Gasteiger partial charge in [-0.3, -0.25) is 0 Å². The smallest absolute Gasteiger partial charge is 0.178 e. The topological polar surface area (TPSA) is 57.9 Å². The first kappa shape index (κ1) is 9.22. The van der Waals surface area contributed by atoms with Crippen LogP contribution in [0.15, 0.2) is 23.1 Å². The first-order valence-electron chi connectivity index (χ1n) is 4.39. The fourth-order valence-corrected chi connectivity index (χ4v) is 3.29. The Morgan fingerprint density at radius 2 is 2.14 bits per heavy atom. The van der Waals surface area contributed by atoms with E-state index < -0.39 is 9.84 Å². The SMILES string of the molecule is N#Cc1ccc2c(c1)CCCS2(=O)=O. The van der Waals surface area contributed by atoms with Gasteiger partial charge in [0.25, 0.3) is 0 Å². The molecule has 1 aliphatic rings. The Morgan fingerprint density at radius 3 is 2.86 bits per heavy atom. The average molecular weight is 207 g/mol. The molecule has 0 radical (unpaired) electrons. The van der Waals surface area contributed by atoms with Crippen molar-refractivity contribution in [1.29, 1.82) is 5.26 Å². The van der Waals surface area contributed by atoms with Gasteiger partial charge in [-0.1, -0.05) is 0 Å². The van der Waals surface area contributed by atoms with Gasteiger partial charge in [-0.25, -0.2) is 8.42 Å². The second-order valence-corrected chi connectivity index (χ2v) is 5.43. The summed E-state index contributed by atoms with van der Waals surface area (Å²) in [6.45, 7) is 0. The predicted molar refractivity (Wildman–Crippen MR) is 51.5 cm³/mol. The van der Waals surface area contributed by atoms with Gasteiger partial charge in [0.1, 0.15) is 0 Å². The lowest BCUT2D eigenvalue weighted by Crippen LogP contribution is -2.15. The number of fused-ring (bicyclic) bond motifs is 1. The molecule has 0 fully saturated rings. The third kappa shape index (κ3) is 1.40. The van der Waals surface area contributed by atoms with Crippen LogP contribution in [0, 0.1) is 11.3 Å². The van der Waals surface area contributed by atoms with E-state index in [9.17, 15) is 8.42 Å². The van der Waals surface area contributed by atoms with Gasteiger partial charge in [-0.05, 0) is 36.6 Å². The number of nitrogens with zero attached hydrogens (tertiary/aromatic N) is 1. The maximum Gasteiger partial charge on any atom is 0.178 e. The molecule has 1 heterocycles. The number of hydrogen-bond acceptors (Lipinski definition) is 3. The molecular weight excluding hydrogens is 198 g/mol. The first-order valence-corrected chi connectivity index (χ1v) is 6.04. The van der Waals surface area contributed by atoms with Crippen molar-refractivity contribution < 1.29 is 8.42 Å². The summed E-state index contributed by atoms with van der Waals surface area (Å²) < 4.78 is 23.2. The molecule has 2 rings (SSSR count). The Bertz CT molecular complexity index is 511. The van der Waals surface area contributed by atoms with Gasteiger partial charge in [0.05, 0.1) is 22.3 Å². The summed E-state index contributed by atoms with van der Waals surface area (Å²) >= 11 is 0. The highest BCUT2D eigenvalue weighted by atomic mass is 32.2. The Labute approximate surface area is 82.9 Å². The van der Waals surface area contributed by atoms with Crippen molar-refractivity contribution >= 4 is 9.84 Å². The highest BCUT2D eigenvalue weighted by molar-refractivity contribution is 7.91. The number of rotatable bonds is 0. The monoisotopic (exact) mass is 207 g/mol. The number of aryl methyl sites for hydroxylation is 1. The summed E-state index contributed by atoms with van der Waals surface area (Å²) in [5, 5.41) is 8.67. The van der Waals surface area contributed by atoms with E-state index in [4.69, 9.17) is 5.26 Å². The van der Waals surface area contributed by atoms with Crippen LogP contribution in [0.25, 0.3) is 0 Å². The molecule has 14 heavy (non-hydrogen) atoms. The molecule has 3 nitrogen and oxygen atoms in total. The van der Waals surface area contributed by atoms with Crippen LogP contribution >= 0.6 is 0 Å². The third-order valence-electron chi connectivity index (χ3n) is 2.38. The van der Waals surface area contributed by atoms with Crippen molar-refractivity contribution in [3.8, 4) is 6.07 Å². The van der Waals surface area contributed by atoms with Crippen LogP contribution in [0.5, 0.6) is 0 Å². The molecule has 72 valence electrons. The zero-order valence-corrected chi connectivity index (χ0v) is 8.34. The van der Waals surface area contributed by atoms with Gasteiger partial charge >= 0.3 is 0 Å². The molecule has 0 spiro atoms. The Morgan fingerprint density at radius 1 is 1.36 bits per heavy atom. The van der Waals surface area contributed by atoms with Gasteiger partial charge in [0.15, 0.2) is 9.84 Å². The van der Waals surface area contributed by atoms with Crippen LogP contribution in [0.2, 0.25) is 0 Å². The zero-order chi connectivity index (χ0) is 10.2. The number of hydrogen-bond donors (Lipinski definition) is 0. The first-order chi connectivity index (χ1) is 6.63. The van der Waals surface area contributed by atoms with Crippen molar-refractivity contribution in [2.75, 3.05) is 5.75 Å². The lowest BCUT2D eigenvalue weighted by atomic mass is 10.1. The van der Waals surface area contributed by atoms with Crippen molar-refractivity contribution in [2.24, 2.45) is 0 Å². The lowest BCUT2D eigenvalue weighted by molar-refractivity contribution is 0.586. The Kier molecular flexibility index (Phi) is 2.05. The molecule has 0 bridgehead atoms. The highest BCUT2D eigenvalue weighted by Gasteiger charge is 2.23. The van der Waals surface area contributed by atoms with Crippen LogP contribution < -0.4 is 0 Å². The van der Waals surface area contributed by atoms with Crippen molar-refractivity contribution in [2.45, 2.75) is 17.7 Å². The van der Waals surface area contributed by atoms with Gasteiger partial charge in [-0.2, -0.15) is 5.26 Å². The summed E-state index contributed by atoms with van der Waals surface area (Å²) in [4.78, 5) is 0.405. The van der Waals surface area contributed by atoms with Gasteiger partial charge < -0.3 is 0 Å². The van der Waals surface area contributed by atoms with E-state index in [1.807, 2.05) is 6.07 Å². The minimum atomic E-state index is -3.08. The van der Waals surface area contributed by atoms with Gasteiger partial charge in [0.2, 0.25) is 0 Å². The molecule has 0 saturated heterocycles. The van der Waals surface area contributed by atoms with E-state index in [0.717, 1.165) is 12.0 Å². The average Bonchev–Trinajstić information content (AvgIpc) is 2.16. The fourth-order valence-electron chi connectivity index (χ4n) is 1.71. The summed E-state index contributed by atoms with van der Waals surface area (Å²) in [6.07, 6.45) is 1.41. The van der Waals surface area contributed by atoms with E-state index in [1.54, 1.807) is 18.2 Å². The van der Waals surface area contributed by atoms with Crippen molar-refractivity contribution in [3.05, 3.63) is 29.3 Å². The molecule has 0 aromatic heterocycles. The summed E-state index contributed by atoms with van der Waals surface area (Å²) in [6, 6.07) is 6.78. The molecule has 0 unspecified atom stereocenters. The molecule has 0 amide bonds. The van der Waals surface area contributed by atoms with Crippen LogP contribution in [0.1, 0.15) is 17.5 Å². The molecular formula is C10H9NO2S. The number of nitriles is 1. The third-order valence-corrected chi connectivity index (χ3v) is 4.28. The standard InChI is InChI=1S/C10H9NO2S/c11-7-8-3-4-10-9(6-8)2-1-5-14(10,12)13/h3-4,6H,1-2,5H2. The Balaban J connectivity index is 2.65. The summed E-state index contributed by atoms with van der Waals surface area (Å²) in [5.41, 5.74) is 1.32. The van der Waals surface area contributed by atoms with Crippen molar-refractivity contribution in [1.82, 2.24) is 0 Å². The maximum atomic E-state index is 11.6. The summed E-state index contributed by atoms with van der Waals surface area (Å²) in [5.74, 6) is 0.228. The number of sulfone groups is 1. The normalized spacial score (nSPS) is 18.2. The van der Waals surface area contributed by atoms with Crippen LogP contribution in [0.4, 0.5) is 0 Å². The zero-order valence-electron chi connectivity index (χ0n) is 7.53. The Hall–Kier alpha value is -1.34. The lowest BCUT2D eigenvalue weighted by Gasteiger charge is -2.15. The van der Waals surface area contributed by atoms with Crippen LogP contribution in [-0.2, 0) is 16.3 Å². The summed E-state index contributed by atoms with van der Waals surface area (Å²) in [7, 11) is -3.08.